The third-order valence-electron chi connectivity index (χ3n) is 5.11. The van der Waals surface area contributed by atoms with E-state index in [1.807, 2.05) is 6.92 Å². The van der Waals surface area contributed by atoms with Crippen LogP contribution >= 0.6 is 11.6 Å². The fourth-order valence-corrected chi connectivity index (χ4v) is 3.80. The first kappa shape index (κ1) is 20.1. The second kappa shape index (κ2) is 8.28. The van der Waals surface area contributed by atoms with Gasteiger partial charge in [0.15, 0.2) is 5.78 Å². The first-order valence-electron chi connectivity index (χ1n) is 9.59. The summed E-state index contributed by atoms with van der Waals surface area (Å²) in [4.78, 5) is 13.1. The summed E-state index contributed by atoms with van der Waals surface area (Å²) in [6.07, 6.45) is 1.87. The van der Waals surface area contributed by atoms with Gasteiger partial charge in [-0.1, -0.05) is 17.7 Å². The van der Waals surface area contributed by atoms with E-state index in [0.29, 0.717) is 40.4 Å². The van der Waals surface area contributed by atoms with Gasteiger partial charge in [0.05, 0.1) is 24.3 Å². The van der Waals surface area contributed by atoms with E-state index in [0.717, 1.165) is 11.3 Å². The minimum atomic E-state index is -0.534. The number of benzene rings is 2. The van der Waals surface area contributed by atoms with Crippen LogP contribution in [-0.4, -0.2) is 34.8 Å². The maximum Gasteiger partial charge on any atom is 0.216 e. The number of ether oxygens (including phenoxy) is 1. The van der Waals surface area contributed by atoms with Crippen molar-refractivity contribution < 1.29 is 13.9 Å². The molecule has 0 spiro atoms. The first-order valence-corrected chi connectivity index (χ1v) is 9.97. The van der Waals surface area contributed by atoms with Crippen molar-refractivity contribution in [3.63, 3.8) is 0 Å². The van der Waals surface area contributed by atoms with Gasteiger partial charge in [-0.2, -0.15) is 9.49 Å². The van der Waals surface area contributed by atoms with Gasteiger partial charge in [0, 0.05) is 22.8 Å². The van der Waals surface area contributed by atoms with Crippen LogP contribution in [0.25, 0.3) is 11.1 Å². The van der Waals surface area contributed by atoms with Crippen molar-refractivity contribution in [1.29, 1.82) is 5.41 Å². The van der Waals surface area contributed by atoms with Crippen LogP contribution in [0.3, 0.4) is 0 Å². The molecule has 0 radical (unpaired) electrons. The van der Waals surface area contributed by atoms with Gasteiger partial charge in [-0.3, -0.25) is 15.3 Å². The van der Waals surface area contributed by atoms with Crippen LogP contribution in [-0.2, 0) is 11.2 Å². The predicted molar refractivity (Wildman–Crippen MR) is 114 cm³/mol. The number of carbonyl (C=O) groups is 1. The van der Waals surface area contributed by atoms with Crippen LogP contribution in [0, 0.1) is 17.3 Å². The summed E-state index contributed by atoms with van der Waals surface area (Å²) in [6.45, 7) is 2.71. The molecule has 0 saturated carbocycles. The van der Waals surface area contributed by atoms with E-state index in [4.69, 9.17) is 21.7 Å². The molecule has 1 aliphatic rings. The molecule has 1 unspecified atom stereocenters. The Bertz CT molecular complexity index is 1130. The summed E-state index contributed by atoms with van der Waals surface area (Å²) >= 11 is 6.06. The summed E-state index contributed by atoms with van der Waals surface area (Å²) < 4.78 is 19.6. The molecule has 0 fully saturated rings. The Labute approximate surface area is 177 Å². The fourth-order valence-electron chi connectivity index (χ4n) is 3.61. The van der Waals surface area contributed by atoms with Gasteiger partial charge in [-0.05, 0) is 54.8 Å². The third-order valence-corrected chi connectivity index (χ3v) is 5.34. The summed E-state index contributed by atoms with van der Waals surface area (Å²) in [5, 5.41) is 18.3. The lowest BCUT2D eigenvalue weighted by Crippen LogP contribution is -2.33. The molecule has 2 heterocycles. The van der Waals surface area contributed by atoms with Crippen molar-refractivity contribution in [2.24, 2.45) is 5.92 Å². The van der Waals surface area contributed by atoms with E-state index in [1.54, 1.807) is 36.4 Å². The van der Waals surface area contributed by atoms with E-state index in [-0.39, 0.29) is 18.1 Å². The number of aromatic amines is 1. The third kappa shape index (κ3) is 3.80. The number of nitrogens with zero attached hydrogens (tertiary/aromatic N) is 1. The smallest absolute Gasteiger partial charge is 0.216 e. The first-order chi connectivity index (χ1) is 14.5. The number of anilines is 1. The molecular weight excluding hydrogens is 407 g/mol. The number of ketones is 1. The molecule has 1 aliphatic heterocycles. The molecule has 8 heteroatoms. The van der Waals surface area contributed by atoms with Crippen LogP contribution in [0.4, 0.5) is 10.1 Å². The van der Waals surface area contributed by atoms with Crippen molar-refractivity contribution in [3.8, 4) is 16.9 Å². The van der Waals surface area contributed by atoms with Crippen LogP contribution in [0.5, 0.6) is 5.75 Å². The van der Waals surface area contributed by atoms with Crippen molar-refractivity contribution in [2.75, 3.05) is 18.5 Å². The number of H-pyrrole nitrogens is 1. The second-order valence-electron chi connectivity index (χ2n) is 7.09. The minimum Gasteiger partial charge on any atom is -0.493 e. The number of rotatable bonds is 6. The second-order valence-corrected chi connectivity index (χ2v) is 7.53. The van der Waals surface area contributed by atoms with Gasteiger partial charge in [-0.25, -0.2) is 0 Å². The van der Waals surface area contributed by atoms with Gasteiger partial charge in [0.1, 0.15) is 11.5 Å². The van der Waals surface area contributed by atoms with Crippen LogP contribution in [0.2, 0.25) is 5.02 Å². The summed E-state index contributed by atoms with van der Waals surface area (Å²) in [7, 11) is 0. The van der Waals surface area contributed by atoms with E-state index in [9.17, 15) is 9.18 Å². The topological polar surface area (TPSA) is 90.9 Å². The van der Waals surface area contributed by atoms with Crippen molar-refractivity contribution in [1.82, 2.24) is 10.2 Å². The average molecular weight is 427 g/mol. The summed E-state index contributed by atoms with van der Waals surface area (Å²) in [5.41, 5.74) is 2.74. The van der Waals surface area contributed by atoms with Crippen molar-refractivity contribution >= 4 is 28.8 Å². The SMILES string of the molecule is CCNc1cc(-c2cn[nH]c2F)ccc1C(=N)C(=O)C1COc2ccc(Cl)cc2C1. The quantitative estimate of drug-likeness (QED) is 0.506. The van der Waals surface area contributed by atoms with Crippen LogP contribution in [0.1, 0.15) is 18.1 Å². The van der Waals surface area contributed by atoms with Gasteiger partial charge < -0.3 is 10.1 Å². The lowest BCUT2D eigenvalue weighted by atomic mass is 9.88. The molecular formula is C22H20ClFN4O2. The highest BCUT2D eigenvalue weighted by Gasteiger charge is 2.30. The van der Waals surface area contributed by atoms with Crippen LogP contribution in [0.15, 0.2) is 42.6 Å². The molecule has 30 heavy (non-hydrogen) atoms. The summed E-state index contributed by atoms with van der Waals surface area (Å²) in [5.74, 6) is -0.589. The Morgan fingerprint density at radius 3 is 2.93 bits per heavy atom. The average Bonchev–Trinajstić information content (AvgIpc) is 3.18. The zero-order valence-corrected chi connectivity index (χ0v) is 17.0. The Morgan fingerprint density at radius 2 is 2.20 bits per heavy atom. The zero-order valence-electron chi connectivity index (χ0n) is 16.3. The highest BCUT2D eigenvalue weighted by atomic mass is 35.5. The number of halogens is 2. The lowest BCUT2D eigenvalue weighted by Gasteiger charge is -2.25. The number of hydrogen-bond acceptors (Lipinski definition) is 5. The van der Waals surface area contributed by atoms with E-state index < -0.39 is 11.9 Å². The predicted octanol–water partition coefficient (Wildman–Crippen LogP) is 4.49. The van der Waals surface area contributed by atoms with Gasteiger partial charge in [0.2, 0.25) is 5.95 Å². The lowest BCUT2D eigenvalue weighted by molar-refractivity contribution is -0.117. The molecule has 1 aromatic heterocycles. The Balaban J connectivity index is 1.61. The molecule has 2 aromatic carbocycles. The molecule has 0 aliphatic carbocycles. The number of carbonyl (C=O) groups excluding carboxylic acids is 1. The number of fused-ring (bicyclic) bond motifs is 1. The standard InChI is InChI=1S/C22H20ClFN4O2/c1-2-26-18-9-12(17-10-27-28-22(17)24)3-5-16(18)20(25)21(29)14-7-13-8-15(23)4-6-19(13)30-11-14/h3-6,8-10,14,25-26H,2,7,11H2,1H3,(H,27,28). The zero-order chi connectivity index (χ0) is 21.3. The molecule has 6 nitrogen and oxygen atoms in total. The molecule has 0 saturated heterocycles. The number of Topliss-reactive ketones (excluding diaryl/α,β-unsaturated/α-hetero) is 1. The van der Waals surface area contributed by atoms with Crippen molar-refractivity contribution in [2.45, 2.75) is 13.3 Å². The van der Waals surface area contributed by atoms with Gasteiger partial charge in [-0.15, -0.1) is 0 Å². The number of nitrogens with one attached hydrogen (secondary N) is 3. The Kier molecular flexibility index (Phi) is 5.55. The molecule has 3 aromatic rings. The number of aromatic nitrogens is 2. The molecule has 1 atom stereocenters. The maximum absolute atomic E-state index is 13.9. The molecule has 3 N–H and O–H groups in total. The molecule has 0 bridgehead atoms. The van der Waals surface area contributed by atoms with E-state index in [2.05, 4.69) is 15.5 Å². The van der Waals surface area contributed by atoms with Gasteiger partial charge >= 0.3 is 0 Å². The highest BCUT2D eigenvalue weighted by molar-refractivity contribution is 6.46. The molecule has 0 amide bonds. The maximum atomic E-state index is 13.9. The monoisotopic (exact) mass is 426 g/mol. The minimum absolute atomic E-state index is 0.107. The normalized spacial score (nSPS) is 15.2. The molecule has 154 valence electrons. The summed E-state index contributed by atoms with van der Waals surface area (Å²) in [6, 6.07) is 10.4. The Hall–Kier alpha value is -3.19. The Morgan fingerprint density at radius 1 is 1.37 bits per heavy atom. The molecule has 4 rings (SSSR count). The van der Waals surface area contributed by atoms with Crippen LogP contribution < -0.4 is 10.1 Å². The van der Waals surface area contributed by atoms with E-state index in [1.165, 1.54) is 6.20 Å². The van der Waals surface area contributed by atoms with E-state index >= 15 is 0 Å². The fraction of sp³-hybridized carbons (Fsp3) is 0.227. The highest BCUT2D eigenvalue weighted by Crippen LogP contribution is 2.32. The van der Waals surface area contributed by atoms with Crippen molar-refractivity contribution in [3.05, 3.63) is 64.7 Å². The van der Waals surface area contributed by atoms with Gasteiger partial charge in [0.25, 0.3) is 0 Å². The number of hydrogen-bond donors (Lipinski definition) is 3. The largest absolute Gasteiger partial charge is 0.493 e.